The van der Waals surface area contributed by atoms with Crippen molar-refractivity contribution < 1.29 is 4.79 Å². The fourth-order valence-electron chi connectivity index (χ4n) is 2.01. The number of amides is 1. The summed E-state index contributed by atoms with van der Waals surface area (Å²) in [4.78, 5) is 11.8. The standard InChI is InChI=1S/C12H10N2O/c15-12-11(14-7-3-4-8-14)9-5-1-2-6-10(9)13-12/h1-8,11H,(H,13,15)/t11-/m1/s1. The van der Waals surface area contributed by atoms with E-state index in [1.807, 2.05) is 53.4 Å². The first-order valence-electron chi connectivity index (χ1n) is 4.88. The molecule has 0 saturated carbocycles. The Morgan fingerprint density at radius 1 is 1.07 bits per heavy atom. The minimum Gasteiger partial charge on any atom is -0.338 e. The maximum Gasteiger partial charge on any atom is 0.252 e. The minimum absolute atomic E-state index is 0.0346. The van der Waals surface area contributed by atoms with Crippen molar-refractivity contribution in [3.8, 4) is 0 Å². The van der Waals surface area contributed by atoms with E-state index in [0.717, 1.165) is 11.3 Å². The van der Waals surface area contributed by atoms with E-state index >= 15 is 0 Å². The molecule has 1 amide bonds. The Morgan fingerprint density at radius 3 is 2.60 bits per heavy atom. The summed E-state index contributed by atoms with van der Waals surface area (Å²) >= 11 is 0. The summed E-state index contributed by atoms with van der Waals surface area (Å²) in [7, 11) is 0. The van der Waals surface area contributed by atoms with Crippen LogP contribution in [0.1, 0.15) is 11.6 Å². The van der Waals surface area contributed by atoms with Gasteiger partial charge in [0.1, 0.15) is 6.04 Å². The third-order valence-corrected chi connectivity index (χ3v) is 2.69. The van der Waals surface area contributed by atoms with Crippen molar-refractivity contribution in [2.75, 3.05) is 5.32 Å². The van der Waals surface area contributed by atoms with Crippen LogP contribution in [0.4, 0.5) is 5.69 Å². The van der Waals surface area contributed by atoms with Crippen LogP contribution in [0.15, 0.2) is 48.8 Å². The van der Waals surface area contributed by atoms with Crippen molar-refractivity contribution >= 4 is 11.6 Å². The highest BCUT2D eigenvalue weighted by molar-refractivity contribution is 6.02. The first kappa shape index (κ1) is 8.29. The zero-order valence-corrected chi connectivity index (χ0v) is 8.05. The number of nitrogens with zero attached hydrogens (tertiary/aromatic N) is 1. The molecule has 2 heterocycles. The number of rotatable bonds is 1. The largest absolute Gasteiger partial charge is 0.338 e. The Bertz CT molecular complexity index is 502. The smallest absolute Gasteiger partial charge is 0.252 e. The summed E-state index contributed by atoms with van der Waals surface area (Å²) in [6, 6.07) is 11.4. The molecule has 3 nitrogen and oxygen atoms in total. The summed E-state index contributed by atoms with van der Waals surface area (Å²) in [5, 5.41) is 2.88. The van der Waals surface area contributed by atoms with Gasteiger partial charge in [-0.2, -0.15) is 0 Å². The van der Waals surface area contributed by atoms with Crippen molar-refractivity contribution in [3.63, 3.8) is 0 Å². The normalized spacial score (nSPS) is 18.7. The number of hydrogen-bond donors (Lipinski definition) is 1. The van der Waals surface area contributed by atoms with E-state index in [1.54, 1.807) is 0 Å². The number of benzene rings is 1. The van der Waals surface area contributed by atoms with E-state index in [-0.39, 0.29) is 11.9 Å². The van der Waals surface area contributed by atoms with Crippen LogP contribution in [0.2, 0.25) is 0 Å². The van der Waals surface area contributed by atoms with Crippen LogP contribution in [0.25, 0.3) is 0 Å². The second-order valence-electron chi connectivity index (χ2n) is 3.61. The topological polar surface area (TPSA) is 34.0 Å². The number of para-hydroxylation sites is 1. The molecule has 0 aliphatic carbocycles. The van der Waals surface area contributed by atoms with Crippen LogP contribution in [0.3, 0.4) is 0 Å². The van der Waals surface area contributed by atoms with Gasteiger partial charge in [-0.3, -0.25) is 4.79 Å². The zero-order valence-electron chi connectivity index (χ0n) is 8.05. The minimum atomic E-state index is -0.212. The fraction of sp³-hybridized carbons (Fsp3) is 0.0833. The Kier molecular flexibility index (Phi) is 1.65. The molecule has 1 aromatic carbocycles. The molecule has 1 aliphatic rings. The summed E-state index contributed by atoms with van der Waals surface area (Å²) < 4.78 is 1.92. The van der Waals surface area contributed by atoms with Crippen LogP contribution < -0.4 is 5.32 Å². The van der Waals surface area contributed by atoms with Crippen LogP contribution in [-0.2, 0) is 4.79 Å². The van der Waals surface area contributed by atoms with E-state index < -0.39 is 0 Å². The number of nitrogens with one attached hydrogen (secondary N) is 1. The first-order valence-corrected chi connectivity index (χ1v) is 4.88. The van der Waals surface area contributed by atoms with Crippen LogP contribution in [0.5, 0.6) is 0 Å². The maximum atomic E-state index is 11.8. The molecule has 0 bridgehead atoms. The number of hydrogen-bond acceptors (Lipinski definition) is 1. The second-order valence-corrected chi connectivity index (χ2v) is 3.61. The summed E-state index contributed by atoms with van der Waals surface area (Å²) in [5.74, 6) is 0.0346. The molecule has 1 N–H and O–H groups in total. The van der Waals surface area contributed by atoms with Crippen molar-refractivity contribution in [3.05, 3.63) is 54.4 Å². The predicted octanol–water partition coefficient (Wildman–Crippen LogP) is 2.03. The molecule has 74 valence electrons. The van der Waals surface area contributed by atoms with Crippen molar-refractivity contribution in [2.24, 2.45) is 0 Å². The monoisotopic (exact) mass is 198 g/mol. The average Bonchev–Trinajstić information content (AvgIpc) is 2.82. The van der Waals surface area contributed by atoms with E-state index in [4.69, 9.17) is 0 Å². The van der Waals surface area contributed by atoms with Crippen molar-refractivity contribution in [2.45, 2.75) is 6.04 Å². The van der Waals surface area contributed by atoms with Gasteiger partial charge in [0, 0.05) is 23.6 Å². The third-order valence-electron chi connectivity index (χ3n) is 2.69. The lowest BCUT2D eigenvalue weighted by atomic mass is 10.1. The molecule has 1 atom stereocenters. The predicted molar refractivity (Wildman–Crippen MR) is 57.6 cm³/mol. The lowest BCUT2D eigenvalue weighted by Crippen LogP contribution is -2.18. The van der Waals surface area contributed by atoms with Gasteiger partial charge >= 0.3 is 0 Å². The number of fused-ring (bicyclic) bond motifs is 1. The second kappa shape index (κ2) is 2.98. The molecule has 0 radical (unpaired) electrons. The fourth-order valence-corrected chi connectivity index (χ4v) is 2.01. The van der Waals surface area contributed by atoms with Crippen molar-refractivity contribution in [1.29, 1.82) is 0 Å². The van der Waals surface area contributed by atoms with Gasteiger partial charge in [0.2, 0.25) is 0 Å². The molecule has 0 unspecified atom stereocenters. The van der Waals surface area contributed by atoms with E-state index in [9.17, 15) is 4.79 Å². The Morgan fingerprint density at radius 2 is 1.80 bits per heavy atom. The molecule has 0 fully saturated rings. The first-order chi connectivity index (χ1) is 7.36. The summed E-state index contributed by atoms with van der Waals surface area (Å²) in [6.07, 6.45) is 3.82. The molecule has 0 saturated heterocycles. The van der Waals surface area contributed by atoms with E-state index in [0.29, 0.717) is 0 Å². The Hall–Kier alpha value is -2.03. The Balaban J connectivity index is 2.14. The van der Waals surface area contributed by atoms with Gasteiger partial charge in [0.25, 0.3) is 5.91 Å². The van der Waals surface area contributed by atoms with E-state index in [1.165, 1.54) is 0 Å². The highest BCUT2D eigenvalue weighted by Gasteiger charge is 2.30. The number of carbonyl (C=O) groups excluding carboxylic acids is 1. The molecular formula is C12H10N2O. The van der Waals surface area contributed by atoms with Gasteiger partial charge in [0.05, 0.1) is 0 Å². The Labute approximate surface area is 87.3 Å². The summed E-state index contributed by atoms with van der Waals surface area (Å²) in [6.45, 7) is 0. The highest BCUT2D eigenvalue weighted by Crippen LogP contribution is 2.32. The molecule has 3 rings (SSSR count). The molecular weight excluding hydrogens is 188 g/mol. The van der Waals surface area contributed by atoms with Gasteiger partial charge in [-0.25, -0.2) is 0 Å². The van der Waals surface area contributed by atoms with Gasteiger partial charge in [-0.1, -0.05) is 18.2 Å². The van der Waals surface area contributed by atoms with Gasteiger partial charge < -0.3 is 9.88 Å². The molecule has 3 heteroatoms. The third kappa shape index (κ3) is 1.16. The maximum absolute atomic E-state index is 11.8. The molecule has 15 heavy (non-hydrogen) atoms. The van der Waals surface area contributed by atoms with Gasteiger partial charge in [-0.05, 0) is 18.2 Å². The molecule has 0 spiro atoms. The SMILES string of the molecule is O=C1Nc2ccccc2[C@H]1n1cccc1. The average molecular weight is 198 g/mol. The van der Waals surface area contributed by atoms with E-state index in [2.05, 4.69) is 5.32 Å². The molecule has 1 aromatic heterocycles. The zero-order chi connectivity index (χ0) is 10.3. The summed E-state index contributed by atoms with van der Waals surface area (Å²) in [5.41, 5.74) is 1.96. The number of carbonyl (C=O) groups is 1. The number of aromatic nitrogens is 1. The van der Waals surface area contributed by atoms with Gasteiger partial charge in [0.15, 0.2) is 0 Å². The lowest BCUT2D eigenvalue weighted by molar-refractivity contribution is -0.117. The van der Waals surface area contributed by atoms with Crippen molar-refractivity contribution in [1.82, 2.24) is 4.57 Å². The van der Waals surface area contributed by atoms with Gasteiger partial charge in [-0.15, -0.1) is 0 Å². The van der Waals surface area contributed by atoms with Crippen LogP contribution in [0, 0.1) is 0 Å². The van der Waals surface area contributed by atoms with Crippen LogP contribution in [-0.4, -0.2) is 10.5 Å². The molecule has 1 aliphatic heterocycles. The lowest BCUT2D eigenvalue weighted by Gasteiger charge is -2.10. The molecule has 2 aromatic rings. The highest BCUT2D eigenvalue weighted by atomic mass is 16.2. The quantitative estimate of drug-likeness (QED) is 0.747. The number of anilines is 1. The van der Waals surface area contributed by atoms with Crippen LogP contribution >= 0.6 is 0 Å².